The summed E-state index contributed by atoms with van der Waals surface area (Å²) in [7, 11) is 1.53. The van der Waals surface area contributed by atoms with E-state index in [1.165, 1.54) is 12.0 Å². The Bertz CT molecular complexity index is 1030. The molecule has 2 aromatic carbocycles. The first-order chi connectivity index (χ1) is 15.9. The van der Waals surface area contributed by atoms with Gasteiger partial charge in [0.25, 0.3) is 11.7 Å². The zero-order valence-corrected chi connectivity index (χ0v) is 19.5. The monoisotopic (exact) mass is 453 g/mol. The van der Waals surface area contributed by atoms with Crippen LogP contribution in [0.4, 0.5) is 0 Å². The van der Waals surface area contributed by atoms with Crippen molar-refractivity contribution in [1.29, 1.82) is 0 Å². The number of hydrogen-bond donors (Lipinski definition) is 1. The Kier molecular flexibility index (Phi) is 8.11. The Morgan fingerprint density at radius 3 is 2.42 bits per heavy atom. The van der Waals surface area contributed by atoms with E-state index < -0.39 is 17.7 Å². The van der Waals surface area contributed by atoms with Crippen LogP contribution in [0.1, 0.15) is 37.9 Å². The standard InChI is InChI=1S/C26H31NO6/c1-5-32-20-10-6-8-18(14-20)23-22(25(29)26(30)27(23)12-13-31-4)24(28)19-9-7-11-21(15-19)33-16-17(2)3/h6-11,14-15,17,23,28H,5,12-13,16H2,1-4H3/b24-22-. The molecule has 1 amide bonds. The molecule has 1 fully saturated rings. The number of carbonyl (C=O) groups is 2. The van der Waals surface area contributed by atoms with E-state index in [2.05, 4.69) is 0 Å². The molecule has 1 aliphatic heterocycles. The van der Waals surface area contributed by atoms with Crippen LogP contribution in [0.25, 0.3) is 5.76 Å². The van der Waals surface area contributed by atoms with E-state index in [-0.39, 0.29) is 24.5 Å². The Hall–Kier alpha value is -3.32. The summed E-state index contributed by atoms with van der Waals surface area (Å²) in [5.74, 6) is -0.106. The molecule has 1 heterocycles. The lowest BCUT2D eigenvalue weighted by molar-refractivity contribution is -0.140. The van der Waals surface area contributed by atoms with E-state index in [4.69, 9.17) is 14.2 Å². The second kappa shape index (κ2) is 11.0. The minimum absolute atomic E-state index is 0.0331. The Labute approximate surface area is 194 Å². The van der Waals surface area contributed by atoms with E-state index >= 15 is 0 Å². The third kappa shape index (κ3) is 5.54. The van der Waals surface area contributed by atoms with Crippen LogP contribution in [-0.4, -0.2) is 55.2 Å². The fourth-order valence-electron chi connectivity index (χ4n) is 3.74. The number of nitrogens with zero attached hydrogens (tertiary/aromatic N) is 1. The molecular weight excluding hydrogens is 422 g/mol. The molecule has 0 aromatic heterocycles. The lowest BCUT2D eigenvalue weighted by Crippen LogP contribution is -2.32. The number of rotatable bonds is 10. The second-order valence-electron chi connectivity index (χ2n) is 8.22. The summed E-state index contributed by atoms with van der Waals surface area (Å²) < 4.78 is 16.5. The molecule has 0 bridgehead atoms. The van der Waals surface area contributed by atoms with Crippen molar-refractivity contribution in [3.8, 4) is 11.5 Å². The number of aliphatic hydroxyl groups is 1. The van der Waals surface area contributed by atoms with Gasteiger partial charge in [0, 0.05) is 19.2 Å². The number of aliphatic hydroxyl groups excluding tert-OH is 1. The van der Waals surface area contributed by atoms with Gasteiger partial charge in [-0.25, -0.2) is 0 Å². The van der Waals surface area contributed by atoms with Gasteiger partial charge in [0.15, 0.2) is 0 Å². The molecule has 0 spiro atoms. The van der Waals surface area contributed by atoms with Crippen LogP contribution in [0.15, 0.2) is 54.1 Å². The summed E-state index contributed by atoms with van der Waals surface area (Å²) in [6.45, 7) is 7.44. The fraction of sp³-hybridized carbons (Fsp3) is 0.385. The third-order valence-electron chi connectivity index (χ3n) is 5.25. The molecule has 33 heavy (non-hydrogen) atoms. The van der Waals surface area contributed by atoms with E-state index in [0.29, 0.717) is 41.8 Å². The zero-order valence-electron chi connectivity index (χ0n) is 19.5. The average molecular weight is 454 g/mol. The number of ether oxygens (including phenoxy) is 3. The fourth-order valence-corrected chi connectivity index (χ4v) is 3.74. The number of ketones is 1. The molecule has 1 N–H and O–H groups in total. The summed E-state index contributed by atoms with van der Waals surface area (Å²) in [6, 6.07) is 13.4. The number of benzene rings is 2. The van der Waals surface area contributed by atoms with Gasteiger partial charge < -0.3 is 24.2 Å². The van der Waals surface area contributed by atoms with Crippen LogP contribution in [0, 0.1) is 5.92 Å². The second-order valence-corrected chi connectivity index (χ2v) is 8.22. The molecule has 0 saturated carbocycles. The predicted octanol–water partition coefficient (Wildman–Crippen LogP) is 4.19. The van der Waals surface area contributed by atoms with Gasteiger partial charge in [0.05, 0.1) is 31.4 Å². The molecule has 1 atom stereocenters. The highest BCUT2D eigenvalue weighted by molar-refractivity contribution is 6.46. The molecule has 1 saturated heterocycles. The number of hydrogen-bond acceptors (Lipinski definition) is 6. The molecule has 3 rings (SSSR count). The summed E-state index contributed by atoms with van der Waals surface area (Å²) in [5, 5.41) is 11.2. The quantitative estimate of drug-likeness (QED) is 0.330. The highest BCUT2D eigenvalue weighted by atomic mass is 16.5. The minimum Gasteiger partial charge on any atom is -0.507 e. The molecule has 7 nitrogen and oxygen atoms in total. The third-order valence-corrected chi connectivity index (χ3v) is 5.25. The molecule has 7 heteroatoms. The average Bonchev–Trinajstić information content (AvgIpc) is 3.06. The number of methoxy groups -OCH3 is 1. The first-order valence-corrected chi connectivity index (χ1v) is 11.1. The van der Waals surface area contributed by atoms with Crippen LogP contribution in [0.3, 0.4) is 0 Å². The van der Waals surface area contributed by atoms with Gasteiger partial charge in [-0.05, 0) is 42.7 Å². The first kappa shape index (κ1) is 24.3. The first-order valence-electron chi connectivity index (χ1n) is 11.1. The number of amides is 1. The zero-order chi connectivity index (χ0) is 24.0. The lowest BCUT2D eigenvalue weighted by Gasteiger charge is -2.25. The Balaban J connectivity index is 2.09. The highest BCUT2D eigenvalue weighted by Gasteiger charge is 2.46. The van der Waals surface area contributed by atoms with E-state index in [1.807, 2.05) is 32.9 Å². The van der Waals surface area contributed by atoms with Gasteiger partial charge in [-0.15, -0.1) is 0 Å². The highest BCUT2D eigenvalue weighted by Crippen LogP contribution is 2.40. The van der Waals surface area contributed by atoms with E-state index in [1.54, 1.807) is 36.4 Å². The van der Waals surface area contributed by atoms with E-state index in [9.17, 15) is 14.7 Å². The normalized spacial score (nSPS) is 17.6. The largest absolute Gasteiger partial charge is 0.507 e. The van der Waals surface area contributed by atoms with Crippen molar-refractivity contribution in [3.63, 3.8) is 0 Å². The molecule has 1 aliphatic rings. The Morgan fingerprint density at radius 2 is 1.76 bits per heavy atom. The molecule has 1 unspecified atom stereocenters. The summed E-state index contributed by atoms with van der Waals surface area (Å²) in [4.78, 5) is 27.4. The van der Waals surface area contributed by atoms with Gasteiger partial charge in [-0.3, -0.25) is 9.59 Å². The number of Topliss-reactive ketones (excluding diaryl/α,β-unsaturated/α-hetero) is 1. The van der Waals surface area contributed by atoms with Gasteiger partial charge in [0.1, 0.15) is 17.3 Å². The van der Waals surface area contributed by atoms with E-state index in [0.717, 1.165) is 0 Å². The lowest BCUT2D eigenvalue weighted by atomic mass is 9.95. The summed E-state index contributed by atoms with van der Waals surface area (Å²) in [6.07, 6.45) is 0. The molecule has 0 aliphatic carbocycles. The van der Waals surface area contributed by atoms with Crippen LogP contribution < -0.4 is 9.47 Å². The van der Waals surface area contributed by atoms with Crippen molar-refractivity contribution >= 4 is 17.4 Å². The van der Waals surface area contributed by atoms with Crippen LogP contribution in [0.2, 0.25) is 0 Å². The molecular formula is C26H31NO6. The maximum atomic E-state index is 13.1. The van der Waals surface area contributed by atoms with Crippen molar-refractivity contribution in [2.75, 3.05) is 33.5 Å². The molecule has 176 valence electrons. The Morgan fingerprint density at radius 1 is 1.06 bits per heavy atom. The van der Waals surface area contributed by atoms with Gasteiger partial charge in [-0.1, -0.05) is 38.1 Å². The number of carbonyl (C=O) groups excluding carboxylic acids is 2. The van der Waals surface area contributed by atoms with Crippen LogP contribution in [-0.2, 0) is 14.3 Å². The van der Waals surface area contributed by atoms with Crippen molar-refractivity contribution in [2.24, 2.45) is 5.92 Å². The van der Waals surface area contributed by atoms with Gasteiger partial charge >= 0.3 is 0 Å². The molecule has 0 radical (unpaired) electrons. The SMILES string of the molecule is CCOc1cccc(C2/C(=C(/O)c3cccc(OCC(C)C)c3)C(=O)C(=O)N2CCOC)c1. The maximum absolute atomic E-state index is 13.1. The van der Waals surface area contributed by atoms with Crippen molar-refractivity contribution in [1.82, 2.24) is 4.90 Å². The summed E-state index contributed by atoms with van der Waals surface area (Å²) >= 11 is 0. The molecule has 2 aromatic rings. The van der Waals surface area contributed by atoms with Gasteiger partial charge in [-0.2, -0.15) is 0 Å². The topological polar surface area (TPSA) is 85.3 Å². The van der Waals surface area contributed by atoms with Crippen LogP contribution in [0.5, 0.6) is 11.5 Å². The minimum atomic E-state index is -0.763. The van der Waals surface area contributed by atoms with Crippen molar-refractivity contribution in [2.45, 2.75) is 26.8 Å². The van der Waals surface area contributed by atoms with Gasteiger partial charge in [0.2, 0.25) is 0 Å². The van der Waals surface area contributed by atoms with Crippen molar-refractivity contribution in [3.05, 3.63) is 65.2 Å². The number of likely N-dealkylation sites (tertiary alicyclic amines) is 1. The summed E-state index contributed by atoms with van der Waals surface area (Å²) in [5.41, 5.74) is 1.11. The maximum Gasteiger partial charge on any atom is 0.295 e. The van der Waals surface area contributed by atoms with Crippen molar-refractivity contribution < 1.29 is 28.9 Å². The smallest absolute Gasteiger partial charge is 0.295 e. The van der Waals surface area contributed by atoms with Crippen LogP contribution >= 0.6 is 0 Å². The predicted molar refractivity (Wildman–Crippen MR) is 125 cm³/mol.